The average molecular weight is 615 g/mol. The average Bonchev–Trinajstić information content (AvgIpc) is 3.30. The van der Waals surface area contributed by atoms with E-state index in [2.05, 4.69) is 18.9 Å². The van der Waals surface area contributed by atoms with Crippen molar-refractivity contribution in [1.29, 1.82) is 0 Å². The number of halogens is 3. The van der Waals surface area contributed by atoms with Gasteiger partial charge in [-0.1, -0.05) is 76.0 Å². The Balaban J connectivity index is 0.000000286. The van der Waals surface area contributed by atoms with Crippen LogP contribution in [0.5, 0.6) is 5.75 Å². The second kappa shape index (κ2) is 14.9. The highest BCUT2D eigenvalue weighted by molar-refractivity contribution is 6.36. The van der Waals surface area contributed by atoms with E-state index in [1.54, 1.807) is 18.1 Å². The number of rotatable bonds is 9. The van der Waals surface area contributed by atoms with Crippen LogP contribution >= 0.6 is 34.8 Å². The van der Waals surface area contributed by atoms with E-state index in [1.165, 1.54) is 6.07 Å². The van der Waals surface area contributed by atoms with Crippen molar-refractivity contribution in [2.75, 3.05) is 24.6 Å². The summed E-state index contributed by atoms with van der Waals surface area (Å²) in [6.45, 7) is 13.9. The Morgan fingerprint density at radius 2 is 1.70 bits per heavy atom. The summed E-state index contributed by atoms with van der Waals surface area (Å²) in [6, 6.07) is 9.21. The Kier molecular flexibility index (Phi) is 12.6. The Morgan fingerprint density at radius 1 is 1.10 bits per heavy atom. The molecular weight excluding hydrogens is 577 g/mol. The molecule has 2 aromatic carbocycles. The predicted molar refractivity (Wildman–Crippen MR) is 162 cm³/mol. The first-order valence-electron chi connectivity index (χ1n) is 13.0. The number of hydrogen-bond donors (Lipinski definition) is 0. The molecule has 1 aromatic heterocycles. The number of nitrogens with zero attached hydrogens (tertiary/aromatic N) is 3. The molecule has 0 spiro atoms. The van der Waals surface area contributed by atoms with Crippen molar-refractivity contribution in [1.82, 2.24) is 9.78 Å². The first kappa shape index (κ1) is 33.7. The zero-order chi connectivity index (χ0) is 30.2. The lowest BCUT2D eigenvalue weighted by Gasteiger charge is -2.26. The third-order valence-corrected chi connectivity index (χ3v) is 6.52. The fourth-order valence-electron chi connectivity index (χ4n) is 3.78. The van der Waals surface area contributed by atoms with Gasteiger partial charge in [0, 0.05) is 18.6 Å². The zero-order valence-electron chi connectivity index (χ0n) is 24.3. The number of methoxy groups -OCH3 is 1. The lowest BCUT2D eigenvalue weighted by Crippen LogP contribution is -2.35. The molecule has 0 N–H and O–H groups in total. The second-order valence-corrected chi connectivity index (χ2v) is 11.3. The Hall–Kier alpha value is -2.52. The summed E-state index contributed by atoms with van der Waals surface area (Å²) in [5.41, 5.74) is 3.22. The first-order valence-corrected chi connectivity index (χ1v) is 14.3. The van der Waals surface area contributed by atoms with E-state index in [0.29, 0.717) is 22.4 Å². The third kappa shape index (κ3) is 8.49. The number of alkyl halides is 1. The van der Waals surface area contributed by atoms with Crippen molar-refractivity contribution >= 4 is 46.4 Å². The van der Waals surface area contributed by atoms with Crippen LogP contribution in [-0.4, -0.2) is 41.5 Å². The molecule has 1 amide bonds. The molecule has 3 rings (SSSR count). The molecule has 11 heteroatoms. The molecule has 0 saturated heterocycles. The van der Waals surface area contributed by atoms with E-state index < -0.39 is 5.76 Å². The maximum atomic E-state index is 12.1. The van der Waals surface area contributed by atoms with Gasteiger partial charge in [-0.3, -0.25) is 9.69 Å². The first-order chi connectivity index (χ1) is 18.8. The molecule has 0 radical (unpaired) electrons. The van der Waals surface area contributed by atoms with Crippen LogP contribution in [0, 0.1) is 0 Å². The van der Waals surface area contributed by atoms with E-state index in [1.807, 2.05) is 52.8 Å². The lowest BCUT2D eigenvalue weighted by atomic mass is 9.97. The van der Waals surface area contributed by atoms with Crippen molar-refractivity contribution in [2.45, 2.75) is 72.8 Å². The summed E-state index contributed by atoms with van der Waals surface area (Å²) in [4.78, 5) is 25.6. The van der Waals surface area contributed by atoms with Crippen molar-refractivity contribution < 1.29 is 18.7 Å². The van der Waals surface area contributed by atoms with Crippen molar-refractivity contribution in [2.24, 2.45) is 0 Å². The standard InChI is InChI=1S/C15H18Cl2N2O3.C14H20ClNO2/c1-8(2)21-12-7-11(9(16)6-10(12)17)19-14(20)22-13(18-19)15(3,4)5;1-4-11-7-6-8-12(5-2)14(11)16(10-18-3)13(17)9-15/h6-8H,1-5H3;6-8H,4-5,9-10H2,1-3H3. The van der Waals surface area contributed by atoms with Gasteiger partial charge in [-0.05, 0) is 43.9 Å². The number of anilines is 1. The lowest BCUT2D eigenvalue weighted by molar-refractivity contribution is -0.117. The number of aryl methyl sites for hydroxylation is 2. The summed E-state index contributed by atoms with van der Waals surface area (Å²) >= 11 is 18.0. The van der Waals surface area contributed by atoms with Crippen LogP contribution in [0.3, 0.4) is 0 Å². The number of carbonyl (C=O) groups is 1. The Labute approximate surface area is 251 Å². The number of benzene rings is 2. The highest BCUT2D eigenvalue weighted by Crippen LogP contribution is 2.33. The molecule has 0 aliphatic carbocycles. The molecule has 0 saturated carbocycles. The molecule has 220 valence electrons. The van der Waals surface area contributed by atoms with E-state index in [4.69, 9.17) is 48.7 Å². The third-order valence-electron chi connectivity index (χ3n) is 5.69. The minimum Gasteiger partial charge on any atom is -0.489 e. The minimum atomic E-state index is -0.607. The van der Waals surface area contributed by atoms with Crippen molar-refractivity contribution in [3.8, 4) is 11.4 Å². The second-order valence-electron chi connectivity index (χ2n) is 10.2. The van der Waals surface area contributed by atoms with E-state index >= 15 is 0 Å². The van der Waals surface area contributed by atoms with Crippen molar-refractivity contribution in [3.05, 3.63) is 67.9 Å². The van der Waals surface area contributed by atoms with Crippen LogP contribution in [0.1, 0.15) is 65.5 Å². The van der Waals surface area contributed by atoms with Crippen LogP contribution in [0.2, 0.25) is 10.0 Å². The summed E-state index contributed by atoms with van der Waals surface area (Å²) < 4.78 is 17.1. The van der Waals surface area contributed by atoms with Crippen molar-refractivity contribution in [3.63, 3.8) is 0 Å². The van der Waals surface area contributed by atoms with Gasteiger partial charge in [0.15, 0.2) is 0 Å². The van der Waals surface area contributed by atoms with Gasteiger partial charge in [0.25, 0.3) is 0 Å². The Morgan fingerprint density at radius 3 is 2.15 bits per heavy atom. The molecule has 0 fully saturated rings. The molecule has 40 heavy (non-hydrogen) atoms. The summed E-state index contributed by atoms with van der Waals surface area (Å²) in [7, 11) is 1.58. The van der Waals surface area contributed by atoms with E-state index in [-0.39, 0.29) is 35.1 Å². The maximum Gasteiger partial charge on any atom is 0.442 e. The summed E-state index contributed by atoms with van der Waals surface area (Å²) in [5, 5.41) is 4.88. The fraction of sp³-hybridized carbons (Fsp3) is 0.483. The highest BCUT2D eigenvalue weighted by atomic mass is 35.5. The van der Waals surface area contributed by atoms with Crippen LogP contribution in [0.4, 0.5) is 5.69 Å². The normalized spacial score (nSPS) is 11.3. The molecule has 8 nitrogen and oxygen atoms in total. The quantitative estimate of drug-likeness (QED) is 0.187. The highest BCUT2D eigenvalue weighted by Gasteiger charge is 2.24. The van der Waals surface area contributed by atoms with Crippen LogP contribution in [0.25, 0.3) is 5.69 Å². The molecule has 0 aliphatic rings. The Bertz CT molecular complexity index is 1320. The van der Waals surface area contributed by atoms with Gasteiger partial charge in [-0.25, -0.2) is 4.79 Å². The molecule has 0 aliphatic heterocycles. The molecule has 1 heterocycles. The molecule has 3 aromatic rings. The van der Waals surface area contributed by atoms with Gasteiger partial charge in [0.1, 0.15) is 18.4 Å². The molecule has 0 unspecified atom stereocenters. The van der Waals surface area contributed by atoms with Gasteiger partial charge in [-0.2, -0.15) is 4.68 Å². The maximum absolute atomic E-state index is 12.1. The number of hydrogen-bond acceptors (Lipinski definition) is 6. The van der Waals surface area contributed by atoms with Gasteiger partial charge in [-0.15, -0.1) is 16.7 Å². The van der Waals surface area contributed by atoms with Gasteiger partial charge in [0.05, 0.1) is 27.5 Å². The number of para-hydroxylation sites is 1. The molecule has 0 bridgehead atoms. The molecule has 0 atom stereocenters. The van der Waals surface area contributed by atoms with Crippen LogP contribution < -0.4 is 15.4 Å². The van der Waals surface area contributed by atoms with Gasteiger partial charge in [0.2, 0.25) is 11.8 Å². The van der Waals surface area contributed by atoms with Crippen LogP contribution in [-0.2, 0) is 27.8 Å². The number of ether oxygens (including phenoxy) is 2. The number of aromatic nitrogens is 2. The van der Waals surface area contributed by atoms with Gasteiger partial charge >= 0.3 is 5.76 Å². The minimum absolute atomic E-state index is 0.0371. The monoisotopic (exact) mass is 613 g/mol. The van der Waals surface area contributed by atoms with E-state index in [0.717, 1.165) is 34.3 Å². The summed E-state index contributed by atoms with van der Waals surface area (Å²) in [5.74, 6) is -0.0123. The topological polar surface area (TPSA) is 86.8 Å². The predicted octanol–water partition coefficient (Wildman–Crippen LogP) is 7.20. The SMILES string of the molecule is CC(C)Oc1cc(-n2nc(C(C)(C)C)oc2=O)c(Cl)cc1Cl.CCc1cccc(CC)c1N(COC)C(=O)CCl. The number of carbonyl (C=O) groups excluding carboxylic acids is 1. The summed E-state index contributed by atoms with van der Waals surface area (Å²) in [6.07, 6.45) is 1.68. The largest absolute Gasteiger partial charge is 0.489 e. The molecular formula is C29H38Cl3N3O5. The van der Waals surface area contributed by atoms with E-state index in [9.17, 15) is 9.59 Å². The zero-order valence-corrected chi connectivity index (χ0v) is 26.6. The smallest absolute Gasteiger partial charge is 0.442 e. The van der Waals surface area contributed by atoms with Crippen LogP contribution in [0.15, 0.2) is 39.5 Å². The fourth-order valence-corrected chi connectivity index (χ4v) is 4.43. The van der Waals surface area contributed by atoms with Gasteiger partial charge < -0.3 is 13.9 Å². The number of amides is 1.